The first kappa shape index (κ1) is 11.7. The molecule has 0 fully saturated rings. The standard InChI is InChI=1S/C11H22O/c1-5-6-7-10(2)8-11(3)9-12-4/h5-6,10-11H,7-9H2,1-4H3/b6-5+. The maximum Gasteiger partial charge on any atom is 0.0487 e. The van der Waals surface area contributed by atoms with Gasteiger partial charge in [-0.25, -0.2) is 0 Å². The van der Waals surface area contributed by atoms with Crippen molar-refractivity contribution in [2.75, 3.05) is 13.7 Å². The van der Waals surface area contributed by atoms with Gasteiger partial charge in [-0.2, -0.15) is 0 Å². The van der Waals surface area contributed by atoms with E-state index in [0.717, 1.165) is 12.5 Å². The Morgan fingerprint density at radius 2 is 1.92 bits per heavy atom. The highest BCUT2D eigenvalue weighted by atomic mass is 16.5. The van der Waals surface area contributed by atoms with Crippen LogP contribution in [0.15, 0.2) is 12.2 Å². The zero-order chi connectivity index (χ0) is 9.40. The molecule has 72 valence electrons. The predicted octanol–water partition coefficient (Wildman–Crippen LogP) is 3.26. The second kappa shape index (κ2) is 7.35. The molecule has 0 bridgehead atoms. The summed E-state index contributed by atoms with van der Waals surface area (Å²) in [5, 5.41) is 0. The molecular weight excluding hydrogens is 148 g/mol. The van der Waals surface area contributed by atoms with Crippen LogP contribution in [0, 0.1) is 11.8 Å². The van der Waals surface area contributed by atoms with Crippen LogP contribution in [0.3, 0.4) is 0 Å². The lowest BCUT2D eigenvalue weighted by Gasteiger charge is -2.14. The molecule has 0 saturated heterocycles. The molecule has 1 nitrogen and oxygen atoms in total. The molecule has 0 rings (SSSR count). The van der Waals surface area contributed by atoms with Gasteiger partial charge in [-0.3, -0.25) is 0 Å². The minimum Gasteiger partial charge on any atom is -0.384 e. The van der Waals surface area contributed by atoms with Gasteiger partial charge >= 0.3 is 0 Å². The molecule has 0 amide bonds. The van der Waals surface area contributed by atoms with Crippen molar-refractivity contribution in [3.05, 3.63) is 12.2 Å². The highest BCUT2D eigenvalue weighted by Gasteiger charge is 2.06. The fourth-order valence-electron chi connectivity index (χ4n) is 1.50. The molecule has 0 radical (unpaired) electrons. The van der Waals surface area contributed by atoms with Crippen LogP contribution >= 0.6 is 0 Å². The van der Waals surface area contributed by atoms with Crippen molar-refractivity contribution < 1.29 is 4.74 Å². The SMILES string of the molecule is C/C=C/CC(C)CC(C)COC. The molecule has 0 heterocycles. The molecule has 0 aromatic rings. The fourth-order valence-corrected chi connectivity index (χ4v) is 1.50. The normalized spacial score (nSPS) is 16.7. The number of ether oxygens (including phenoxy) is 1. The van der Waals surface area contributed by atoms with Gasteiger partial charge in [0.05, 0.1) is 0 Å². The van der Waals surface area contributed by atoms with Gasteiger partial charge in [-0.15, -0.1) is 0 Å². The van der Waals surface area contributed by atoms with Crippen molar-refractivity contribution in [1.82, 2.24) is 0 Å². The van der Waals surface area contributed by atoms with Crippen molar-refractivity contribution in [2.45, 2.75) is 33.6 Å². The summed E-state index contributed by atoms with van der Waals surface area (Å²) in [7, 11) is 1.77. The number of hydrogen-bond donors (Lipinski definition) is 0. The lowest BCUT2D eigenvalue weighted by atomic mass is 9.95. The smallest absolute Gasteiger partial charge is 0.0487 e. The summed E-state index contributed by atoms with van der Waals surface area (Å²) in [6, 6.07) is 0. The third kappa shape index (κ3) is 6.41. The molecule has 2 unspecified atom stereocenters. The van der Waals surface area contributed by atoms with Crippen molar-refractivity contribution in [1.29, 1.82) is 0 Å². The first-order valence-corrected chi connectivity index (χ1v) is 4.80. The van der Waals surface area contributed by atoms with Gasteiger partial charge in [0.15, 0.2) is 0 Å². The van der Waals surface area contributed by atoms with E-state index >= 15 is 0 Å². The molecule has 0 N–H and O–H groups in total. The third-order valence-corrected chi connectivity index (χ3v) is 2.03. The van der Waals surface area contributed by atoms with E-state index < -0.39 is 0 Å². The lowest BCUT2D eigenvalue weighted by molar-refractivity contribution is 0.148. The van der Waals surface area contributed by atoms with E-state index in [-0.39, 0.29) is 0 Å². The highest BCUT2D eigenvalue weighted by Crippen LogP contribution is 2.15. The number of methoxy groups -OCH3 is 1. The van der Waals surface area contributed by atoms with E-state index in [1.165, 1.54) is 12.8 Å². The summed E-state index contributed by atoms with van der Waals surface area (Å²) >= 11 is 0. The first-order chi connectivity index (χ1) is 5.70. The van der Waals surface area contributed by atoms with Crippen LogP contribution in [-0.2, 0) is 4.74 Å². The minimum absolute atomic E-state index is 0.690. The Kier molecular flexibility index (Phi) is 7.17. The quantitative estimate of drug-likeness (QED) is 0.556. The largest absolute Gasteiger partial charge is 0.384 e. The maximum absolute atomic E-state index is 5.09. The lowest BCUT2D eigenvalue weighted by Crippen LogP contribution is -2.08. The van der Waals surface area contributed by atoms with E-state index in [1.807, 2.05) is 0 Å². The maximum atomic E-state index is 5.09. The van der Waals surface area contributed by atoms with Crippen LogP contribution in [0.5, 0.6) is 0 Å². The Hall–Kier alpha value is -0.300. The summed E-state index contributed by atoms with van der Waals surface area (Å²) in [5.74, 6) is 1.47. The van der Waals surface area contributed by atoms with Crippen LogP contribution in [0.2, 0.25) is 0 Å². The molecule has 0 aliphatic carbocycles. The molecule has 0 spiro atoms. The second-order valence-corrected chi connectivity index (χ2v) is 3.71. The summed E-state index contributed by atoms with van der Waals surface area (Å²) in [4.78, 5) is 0. The molecule has 0 aliphatic rings. The zero-order valence-corrected chi connectivity index (χ0v) is 8.84. The van der Waals surface area contributed by atoms with Gasteiger partial charge in [0, 0.05) is 13.7 Å². The average Bonchev–Trinajstić information content (AvgIpc) is 2.01. The Labute approximate surface area is 76.8 Å². The van der Waals surface area contributed by atoms with Crippen LogP contribution in [0.4, 0.5) is 0 Å². The van der Waals surface area contributed by atoms with Gasteiger partial charge < -0.3 is 4.74 Å². The number of allylic oxidation sites excluding steroid dienone is 2. The minimum atomic E-state index is 0.690. The van der Waals surface area contributed by atoms with Crippen molar-refractivity contribution in [3.63, 3.8) is 0 Å². The number of rotatable bonds is 6. The Balaban J connectivity index is 3.46. The predicted molar refractivity (Wildman–Crippen MR) is 54.3 cm³/mol. The molecule has 0 saturated carbocycles. The Morgan fingerprint density at radius 1 is 1.25 bits per heavy atom. The van der Waals surface area contributed by atoms with E-state index in [2.05, 4.69) is 32.9 Å². The number of hydrogen-bond acceptors (Lipinski definition) is 1. The molecule has 0 aromatic carbocycles. The van der Waals surface area contributed by atoms with Gasteiger partial charge in [0.1, 0.15) is 0 Å². The molecule has 0 aliphatic heterocycles. The molecule has 12 heavy (non-hydrogen) atoms. The molecule has 0 aromatic heterocycles. The monoisotopic (exact) mass is 170 g/mol. The van der Waals surface area contributed by atoms with Crippen molar-refractivity contribution in [2.24, 2.45) is 11.8 Å². The van der Waals surface area contributed by atoms with Crippen molar-refractivity contribution in [3.8, 4) is 0 Å². The highest BCUT2D eigenvalue weighted by molar-refractivity contribution is 4.79. The summed E-state index contributed by atoms with van der Waals surface area (Å²) < 4.78 is 5.09. The van der Waals surface area contributed by atoms with E-state index in [9.17, 15) is 0 Å². The summed E-state index contributed by atoms with van der Waals surface area (Å²) in [6.45, 7) is 7.51. The van der Waals surface area contributed by atoms with Crippen LogP contribution < -0.4 is 0 Å². The van der Waals surface area contributed by atoms with Gasteiger partial charge in [-0.05, 0) is 31.6 Å². The molecule has 2 atom stereocenters. The summed E-state index contributed by atoms with van der Waals surface area (Å²) in [5.41, 5.74) is 0. The van der Waals surface area contributed by atoms with Crippen LogP contribution in [0.25, 0.3) is 0 Å². The Morgan fingerprint density at radius 3 is 2.42 bits per heavy atom. The summed E-state index contributed by atoms with van der Waals surface area (Å²) in [6.07, 6.45) is 6.82. The van der Waals surface area contributed by atoms with E-state index in [0.29, 0.717) is 5.92 Å². The second-order valence-electron chi connectivity index (χ2n) is 3.71. The van der Waals surface area contributed by atoms with Crippen molar-refractivity contribution >= 4 is 0 Å². The third-order valence-electron chi connectivity index (χ3n) is 2.03. The fraction of sp³-hybridized carbons (Fsp3) is 0.818. The molecular formula is C11H22O. The molecule has 1 heteroatoms. The zero-order valence-electron chi connectivity index (χ0n) is 8.84. The van der Waals surface area contributed by atoms with Gasteiger partial charge in [0.25, 0.3) is 0 Å². The average molecular weight is 170 g/mol. The van der Waals surface area contributed by atoms with E-state index in [1.54, 1.807) is 7.11 Å². The van der Waals surface area contributed by atoms with Crippen LogP contribution in [-0.4, -0.2) is 13.7 Å². The first-order valence-electron chi connectivity index (χ1n) is 4.80. The van der Waals surface area contributed by atoms with Crippen LogP contribution in [0.1, 0.15) is 33.6 Å². The van der Waals surface area contributed by atoms with E-state index in [4.69, 9.17) is 4.74 Å². The van der Waals surface area contributed by atoms with Gasteiger partial charge in [0.2, 0.25) is 0 Å². The topological polar surface area (TPSA) is 9.23 Å². The van der Waals surface area contributed by atoms with Gasteiger partial charge in [-0.1, -0.05) is 26.0 Å². The Bertz CT molecular complexity index is 118.